The summed E-state index contributed by atoms with van der Waals surface area (Å²) in [5.41, 5.74) is 2.97. The molecule has 0 aromatic heterocycles. The third kappa shape index (κ3) is 4.67. The standard InChI is InChI=1S/C18H21FN2O/c1-3-15-6-4-5-7-17(15)20-18(22)13-21(2)12-14-8-10-16(19)11-9-14/h4-11H,3,12-13H2,1-2H3,(H,20,22). The fourth-order valence-electron chi connectivity index (χ4n) is 2.34. The van der Waals surface area contributed by atoms with E-state index in [1.54, 1.807) is 12.1 Å². The van der Waals surface area contributed by atoms with E-state index in [9.17, 15) is 9.18 Å². The molecule has 0 radical (unpaired) electrons. The lowest BCUT2D eigenvalue weighted by Crippen LogP contribution is -2.30. The van der Waals surface area contributed by atoms with Crippen molar-refractivity contribution in [1.82, 2.24) is 4.90 Å². The number of nitrogens with zero attached hydrogens (tertiary/aromatic N) is 1. The minimum atomic E-state index is -0.250. The molecule has 116 valence electrons. The van der Waals surface area contributed by atoms with Crippen LogP contribution >= 0.6 is 0 Å². The van der Waals surface area contributed by atoms with Crippen LogP contribution in [0.3, 0.4) is 0 Å². The Morgan fingerprint density at radius 3 is 2.50 bits per heavy atom. The lowest BCUT2D eigenvalue weighted by atomic mass is 10.1. The summed E-state index contributed by atoms with van der Waals surface area (Å²) in [6.07, 6.45) is 0.877. The number of anilines is 1. The van der Waals surface area contributed by atoms with Crippen molar-refractivity contribution in [3.63, 3.8) is 0 Å². The molecule has 0 aliphatic heterocycles. The second kappa shape index (κ2) is 7.71. The van der Waals surface area contributed by atoms with Gasteiger partial charge in [0.05, 0.1) is 6.54 Å². The number of halogens is 1. The monoisotopic (exact) mass is 300 g/mol. The van der Waals surface area contributed by atoms with Crippen molar-refractivity contribution in [2.75, 3.05) is 18.9 Å². The number of amides is 1. The summed E-state index contributed by atoms with van der Waals surface area (Å²) in [6.45, 7) is 2.95. The van der Waals surface area contributed by atoms with Gasteiger partial charge in [-0.15, -0.1) is 0 Å². The molecule has 4 heteroatoms. The van der Waals surface area contributed by atoms with Gasteiger partial charge < -0.3 is 5.32 Å². The van der Waals surface area contributed by atoms with Gasteiger partial charge in [-0.1, -0.05) is 37.3 Å². The maximum absolute atomic E-state index is 12.9. The molecule has 2 aromatic rings. The average molecular weight is 300 g/mol. The van der Waals surface area contributed by atoms with Gasteiger partial charge in [-0.05, 0) is 42.8 Å². The molecule has 0 aliphatic rings. The van der Waals surface area contributed by atoms with Crippen LogP contribution in [0.15, 0.2) is 48.5 Å². The summed E-state index contributed by atoms with van der Waals surface area (Å²) in [7, 11) is 1.87. The molecule has 0 aliphatic carbocycles. The predicted molar refractivity (Wildman–Crippen MR) is 87.2 cm³/mol. The third-order valence-corrected chi connectivity index (χ3v) is 3.45. The first-order valence-corrected chi connectivity index (χ1v) is 7.39. The van der Waals surface area contributed by atoms with Crippen molar-refractivity contribution in [2.45, 2.75) is 19.9 Å². The van der Waals surface area contributed by atoms with E-state index in [1.165, 1.54) is 12.1 Å². The molecule has 0 spiro atoms. The number of likely N-dealkylation sites (N-methyl/N-ethyl adjacent to an activating group) is 1. The molecule has 0 bridgehead atoms. The Morgan fingerprint density at radius 1 is 1.14 bits per heavy atom. The molecule has 0 heterocycles. The van der Waals surface area contributed by atoms with Crippen molar-refractivity contribution in [2.24, 2.45) is 0 Å². The van der Waals surface area contributed by atoms with E-state index in [4.69, 9.17) is 0 Å². The van der Waals surface area contributed by atoms with Crippen molar-refractivity contribution in [3.05, 3.63) is 65.5 Å². The van der Waals surface area contributed by atoms with Crippen LogP contribution in [0, 0.1) is 5.82 Å². The highest BCUT2D eigenvalue weighted by Crippen LogP contribution is 2.15. The second-order valence-electron chi connectivity index (χ2n) is 5.36. The maximum Gasteiger partial charge on any atom is 0.238 e. The number of carbonyl (C=O) groups is 1. The first-order valence-electron chi connectivity index (χ1n) is 7.39. The van der Waals surface area contributed by atoms with Crippen molar-refractivity contribution in [1.29, 1.82) is 0 Å². The number of aryl methyl sites for hydroxylation is 1. The molecule has 0 saturated carbocycles. The van der Waals surface area contributed by atoms with Crippen LogP contribution in [-0.2, 0) is 17.8 Å². The summed E-state index contributed by atoms with van der Waals surface area (Å²) < 4.78 is 12.9. The molecular weight excluding hydrogens is 279 g/mol. The molecule has 1 amide bonds. The fraction of sp³-hybridized carbons (Fsp3) is 0.278. The van der Waals surface area contributed by atoms with Gasteiger partial charge in [0.2, 0.25) is 5.91 Å². The van der Waals surface area contributed by atoms with Gasteiger partial charge >= 0.3 is 0 Å². The Morgan fingerprint density at radius 2 is 1.82 bits per heavy atom. The van der Waals surface area contributed by atoms with Gasteiger partial charge in [0.1, 0.15) is 5.82 Å². The number of hydrogen-bond donors (Lipinski definition) is 1. The summed E-state index contributed by atoms with van der Waals surface area (Å²) in [5.74, 6) is -0.300. The number of nitrogens with one attached hydrogen (secondary N) is 1. The van der Waals surface area contributed by atoms with Crippen molar-refractivity contribution >= 4 is 11.6 Å². The zero-order valence-electron chi connectivity index (χ0n) is 13.0. The molecule has 0 fully saturated rings. The molecule has 1 N–H and O–H groups in total. The van der Waals surface area contributed by atoms with Gasteiger partial charge in [-0.3, -0.25) is 9.69 Å². The molecule has 2 rings (SSSR count). The van der Waals surface area contributed by atoms with E-state index in [1.807, 2.05) is 36.2 Å². The van der Waals surface area contributed by atoms with Crippen LogP contribution in [0.4, 0.5) is 10.1 Å². The van der Waals surface area contributed by atoms with Gasteiger partial charge in [0.15, 0.2) is 0 Å². The van der Waals surface area contributed by atoms with Crippen LogP contribution in [0.25, 0.3) is 0 Å². The lowest BCUT2D eigenvalue weighted by molar-refractivity contribution is -0.117. The summed E-state index contributed by atoms with van der Waals surface area (Å²) >= 11 is 0. The van der Waals surface area contributed by atoms with Gasteiger partial charge in [-0.25, -0.2) is 4.39 Å². The minimum Gasteiger partial charge on any atom is -0.325 e. The smallest absolute Gasteiger partial charge is 0.238 e. The van der Waals surface area contributed by atoms with Crippen LogP contribution in [0.2, 0.25) is 0 Å². The average Bonchev–Trinajstić information content (AvgIpc) is 2.50. The summed E-state index contributed by atoms with van der Waals surface area (Å²) in [4.78, 5) is 14.0. The van der Waals surface area contributed by atoms with Gasteiger partial charge in [0, 0.05) is 12.2 Å². The SMILES string of the molecule is CCc1ccccc1NC(=O)CN(C)Cc1ccc(F)cc1. The summed E-state index contributed by atoms with van der Waals surface area (Å²) in [5, 5.41) is 2.95. The Balaban J connectivity index is 1.89. The second-order valence-corrected chi connectivity index (χ2v) is 5.36. The topological polar surface area (TPSA) is 32.3 Å². The molecule has 22 heavy (non-hydrogen) atoms. The number of rotatable bonds is 6. The number of benzene rings is 2. The quantitative estimate of drug-likeness (QED) is 0.886. The minimum absolute atomic E-state index is 0.0505. The molecule has 2 aromatic carbocycles. The Bertz CT molecular complexity index is 625. The van der Waals surface area contributed by atoms with Crippen LogP contribution in [0.1, 0.15) is 18.1 Å². The first kappa shape index (κ1) is 16.2. The highest BCUT2D eigenvalue weighted by atomic mass is 19.1. The molecule has 3 nitrogen and oxygen atoms in total. The van der Waals surface area contributed by atoms with Crippen LogP contribution in [0.5, 0.6) is 0 Å². The van der Waals surface area contributed by atoms with E-state index < -0.39 is 0 Å². The van der Waals surface area contributed by atoms with E-state index >= 15 is 0 Å². The third-order valence-electron chi connectivity index (χ3n) is 3.45. The molecule has 0 saturated heterocycles. The van der Waals surface area contributed by atoms with Crippen molar-refractivity contribution < 1.29 is 9.18 Å². The van der Waals surface area contributed by atoms with Crippen LogP contribution in [-0.4, -0.2) is 24.4 Å². The van der Waals surface area contributed by atoms with Gasteiger partial charge in [-0.2, -0.15) is 0 Å². The van der Waals surface area contributed by atoms with Crippen molar-refractivity contribution in [3.8, 4) is 0 Å². The van der Waals surface area contributed by atoms with E-state index in [0.29, 0.717) is 6.54 Å². The van der Waals surface area contributed by atoms with Gasteiger partial charge in [0.25, 0.3) is 0 Å². The fourth-order valence-corrected chi connectivity index (χ4v) is 2.34. The zero-order valence-corrected chi connectivity index (χ0v) is 13.0. The molecule has 0 atom stereocenters. The summed E-state index contributed by atoms with van der Waals surface area (Å²) in [6, 6.07) is 14.1. The number of para-hydroxylation sites is 1. The maximum atomic E-state index is 12.9. The first-order chi connectivity index (χ1) is 10.6. The molecular formula is C18H21FN2O. The lowest BCUT2D eigenvalue weighted by Gasteiger charge is -2.17. The number of carbonyl (C=O) groups excluding carboxylic acids is 1. The Kier molecular flexibility index (Phi) is 5.67. The largest absolute Gasteiger partial charge is 0.325 e. The highest BCUT2D eigenvalue weighted by molar-refractivity contribution is 5.92. The normalized spacial score (nSPS) is 10.7. The molecule has 0 unspecified atom stereocenters. The predicted octanol–water partition coefficient (Wildman–Crippen LogP) is 3.46. The van der Waals surface area contributed by atoms with E-state index in [2.05, 4.69) is 12.2 Å². The van der Waals surface area contributed by atoms with Crippen LogP contribution < -0.4 is 5.32 Å². The van der Waals surface area contributed by atoms with E-state index in [0.717, 1.165) is 23.2 Å². The Hall–Kier alpha value is -2.20. The van der Waals surface area contributed by atoms with E-state index in [-0.39, 0.29) is 18.3 Å². The zero-order chi connectivity index (χ0) is 15.9. The number of hydrogen-bond acceptors (Lipinski definition) is 2. The highest BCUT2D eigenvalue weighted by Gasteiger charge is 2.09. The Labute approximate surface area is 130 Å².